The maximum atomic E-state index is 13.8. The van der Waals surface area contributed by atoms with Gasteiger partial charge >= 0.3 is 11.9 Å². The highest BCUT2D eigenvalue weighted by Crippen LogP contribution is 2.36. The van der Waals surface area contributed by atoms with Crippen LogP contribution in [0.25, 0.3) is 0 Å². The number of hydrogen-bond acceptors (Lipinski definition) is 4. The highest BCUT2D eigenvalue weighted by atomic mass is 19.3. The van der Waals surface area contributed by atoms with Crippen molar-refractivity contribution in [3.05, 3.63) is 12.2 Å². The molecule has 160 valence electrons. The second kappa shape index (κ2) is 12.0. The first kappa shape index (κ1) is 24.4. The Morgan fingerprint density at radius 2 is 1.89 bits per heavy atom. The van der Waals surface area contributed by atoms with Crippen LogP contribution in [0.2, 0.25) is 0 Å². The largest absolute Gasteiger partial charge is 0.481 e. The van der Waals surface area contributed by atoms with Crippen LogP contribution in [0.3, 0.4) is 0 Å². The number of Topliss-reactive ketones (excluding diaryl/α,β-unsaturated/α-hetero) is 2. The average Bonchev–Trinajstić information content (AvgIpc) is 2.89. The van der Waals surface area contributed by atoms with Gasteiger partial charge in [-0.2, -0.15) is 8.78 Å². The number of carbonyl (C=O) groups is 3. The van der Waals surface area contributed by atoms with Crippen molar-refractivity contribution in [1.29, 1.82) is 0 Å². The molecule has 0 unspecified atom stereocenters. The van der Waals surface area contributed by atoms with E-state index in [9.17, 15) is 28.3 Å². The molecule has 0 radical (unpaired) electrons. The molecule has 0 saturated heterocycles. The average molecular weight is 402 g/mol. The van der Waals surface area contributed by atoms with E-state index in [1.165, 1.54) is 0 Å². The van der Waals surface area contributed by atoms with E-state index in [2.05, 4.69) is 0 Å². The van der Waals surface area contributed by atoms with Crippen LogP contribution < -0.4 is 0 Å². The van der Waals surface area contributed by atoms with Crippen molar-refractivity contribution in [1.82, 2.24) is 0 Å². The molecule has 0 aromatic heterocycles. The van der Waals surface area contributed by atoms with E-state index >= 15 is 0 Å². The molecule has 7 heteroatoms. The molecule has 3 atom stereocenters. The minimum absolute atomic E-state index is 0.00219. The first-order valence-corrected chi connectivity index (χ1v) is 10.2. The predicted molar refractivity (Wildman–Crippen MR) is 101 cm³/mol. The van der Waals surface area contributed by atoms with Crippen LogP contribution in [0.1, 0.15) is 77.6 Å². The number of hydrogen-bond donors (Lipinski definition) is 2. The second-order valence-electron chi connectivity index (χ2n) is 7.62. The van der Waals surface area contributed by atoms with Crippen molar-refractivity contribution >= 4 is 17.5 Å². The number of carboxylic acid groups (broad SMARTS) is 1. The van der Waals surface area contributed by atoms with Crippen LogP contribution in [0.5, 0.6) is 0 Å². The fourth-order valence-corrected chi connectivity index (χ4v) is 3.63. The number of ketones is 2. The molecule has 0 amide bonds. The van der Waals surface area contributed by atoms with Crippen molar-refractivity contribution in [2.45, 2.75) is 89.6 Å². The SMILES string of the molecule is CCCCC(F)(F)C(=O)CC[C@H]1[C@H](O)CC(=O)[C@@H]1C/C=C\CCCCC(=O)O. The monoisotopic (exact) mass is 402 g/mol. The predicted octanol–water partition coefficient (Wildman–Crippen LogP) is 4.32. The van der Waals surface area contributed by atoms with Crippen LogP contribution in [0, 0.1) is 11.8 Å². The number of aliphatic carboxylic acids is 1. The first-order valence-electron chi connectivity index (χ1n) is 10.2. The van der Waals surface area contributed by atoms with Crippen LogP contribution >= 0.6 is 0 Å². The van der Waals surface area contributed by atoms with Gasteiger partial charge in [0.25, 0.3) is 0 Å². The standard InChI is InChI=1S/C21H32F2O5/c1-2-3-13-21(22,23)19(26)12-11-16-15(17(24)14-18(16)25)9-7-5-4-6-8-10-20(27)28/h5,7,15-16,18,25H,2-4,6,8-14H2,1H3,(H,27,28)/b7-5-/t15-,16-,18-/m1/s1. The van der Waals surface area contributed by atoms with E-state index in [4.69, 9.17) is 5.11 Å². The summed E-state index contributed by atoms with van der Waals surface area (Å²) in [5, 5.41) is 18.7. The Bertz CT molecular complexity index is 559. The van der Waals surface area contributed by atoms with Gasteiger partial charge in [-0.25, -0.2) is 0 Å². The van der Waals surface area contributed by atoms with E-state index in [1.54, 1.807) is 6.92 Å². The lowest BCUT2D eigenvalue weighted by Gasteiger charge is -2.21. The Labute approximate surface area is 165 Å². The van der Waals surface area contributed by atoms with Crippen LogP contribution in [-0.4, -0.2) is 39.8 Å². The van der Waals surface area contributed by atoms with Gasteiger partial charge in [0.05, 0.1) is 6.10 Å². The molecule has 1 rings (SSSR count). The zero-order valence-electron chi connectivity index (χ0n) is 16.5. The number of aliphatic hydroxyl groups excluding tert-OH is 1. The van der Waals surface area contributed by atoms with Crippen molar-refractivity contribution in [2.24, 2.45) is 11.8 Å². The molecule has 28 heavy (non-hydrogen) atoms. The molecule has 2 N–H and O–H groups in total. The summed E-state index contributed by atoms with van der Waals surface area (Å²) >= 11 is 0. The molecular weight excluding hydrogens is 370 g/mol. The number of halogens is 2. The maximum Gasteiger partial charge on any atom is 0.305 e. The van der Waals surface area contributed by atoms with Gasteiger partial charge in [0, 0.05) is 31.6 Å². The van der Waals surface area contributed by atoms with Gasteiger partial charge in [0.2, 0.25) is 5.78 Å². The summed E-state index contributed by atoms with van der Waals surface area (Å²) in [7, 11) is 0. The summed E-state index contributed by atoms with van der Waals surface area (Å²) in [6.45, 7) is 1.78. The summed E-state index contributed by atoms with van der Waals surface area (Å²) < 4.78 is 27.6. The Morgan fingerprint density at radius 3 is 2.54 bits per heavy atom. The Morgan fingerprint density at radius 1 is 1.18 bits per heavy atom. The number of allylic oxidation sites excluding steroid dienone is 2. The maximum absolute atomic E-state index is 13.8. The summed E-state index contributed by atoms with van der Waals surface area (Å²) in [4.78, 5) is 34.4. The molecule has 5 nitrogen and oxygen atoms in total. The molecule has 0 aromatic carbocycles. The van der Waals surface area contributed by atoms with Crippen LogP contribution in [-0.2, 0) is 14.4 Å². The topological polar surface area (TPSA) is 91.7 Å². The minimum Gasteiger partial charge on any atom is -0.481 e. The zero-order chi connectivity index (χ0) is 21.2. The van der Waals surface area contributed by atoms with Crippen LogP contribution in [0.15, 0.2) is 12.2 Å². The minimum atomic E-state index is -3.34. The zero-order valence-corrected chi connectivity index (χ0v) is 16.5. The molecule has 0 spiro atoms. The lowest BCUT2D eigenvalue weighted by atomic mass is 9.86. The van der Waals surface area contributed by atoms with Crippen molar-refractivity contribution in [3.8, 4) is 0 Å². The van der Waals surface area contributed by atoms with Crippen molar-refractivity contribution in [3.63, 3.8) is 0 Å². The van der Waals surface area contributed by atoms with Gasteiger partial charge in [-0.1, -0.05) is 25.5 Å². The Hall–Kier alpha value is -1.63. The number of alkyl halides is 2. The molecule has 0 heterocycles. The summed E-state index contributed by atoms with van der Waals surface area (Å²) in [5.41, 5.74) is 0. The summed E-state index contributed by atoms with van der Waals surface area (Å²) in [6.07, 6.45) is 5.52. The lowest BCUT2D eigenvalue weighted by molar-refractivity contribution is -0.144. The van der Waals surface area contributed by atoms with Crippen molar-refractivity contribution in [2.75, 3.05) is 0 Å². The fraction of sp³-hybridized carbons (Fsp3) is 0.762. The fourth-order valence-electron chi connectivity index (χ4n) is 3.63. The van der Waals surface area contributed by atoms with Crippen molar-refractivity contribution < 1.29 is 33.4 Å². The third-order valence-electron chi connectivity index (χ3n) is 5.36. The van der Waals surface area contributed by atoms with Gasteiger partial charge in [-0.05, 0) is 44.4 Å². The molecule has 0 aliphatic heterocycles. The van der Waals surface area contributed by atoms with Gasteiger partial charge < -0.3 is 10.2 Å². The summed E-state index contributed by atoms with van der Waals surface area (Å²) in [5.74, 6) is -6.31. The highest BCUT2D eigenvalue weighted by molar-refractivity contribution is 5.86. The highest BCUT2D eigenvalue weighted by Gasteiger charge is 2.43. The van der Waals surface area contributed by atoms with Crippen LogP contribution in [0.4, 0.5) is 8.78 Å². The molecule has 0 aromatic rings. The smallest absolute Gasteiger partial charge is 0.305 e. The quantitative estimate of drug-likeness (QED) is 0.333. The van der Waals surface area contributed by atoms with E-state index < -0.39 is 42.0 Å². The lowest BCUT2D eigenvalue weighted by Crippen LogP contribution is -2.30. The van der Waals surface area contributed by atoms with Gasteiger partial charge in [0.15, 0.2) is 0 Å². The third kappa shape index (κ3) is 8.17. The Balaban J connectivity index is 2.49. The second-order valence-corrected chi connectivity index (χ2v) is 7.62. The number of rotatable bonds is 14. The van der Waals surface area contributed by atoms with Gasteiger partial charge in [-0.15, -0.1) is 0 Å². The number of aliphatic hydroxyl groups is 1. The molecule has 1 aliphatic carbocycles. The molecule has 1 aliphatic rings. The Kier molecular flexibility index (Phi) is 10.5. The number of carboxylic acids is 1. The van der Waals surface area contributed by atoms with E-state index in [0.717, 1.165) is 6.42 Å². The van der Waals surface area contributed by atoms with E-state index in [-0.39, 0.29) is 37.9 Å². The molecular formula is C21H32F2O5. The van der Waals surface area contributed by atoms with E-state index in [1.807, 2.05) is 12.2 Å². The summed E-state index contributed by atoms with van der Waals surface area (Å²) in [6, 6.07) is 0. The number of unbranched alkanes of at least 4 members (excludes halogenated alkanes) is 3. The molecule has 0 bridgehead atoms. The normalized spacial score (nSPS) is 22.9. The van der Waals surface area contributed by atoms with Gasteiger partial charge in [-0.3, -0.25) is 14.4 Å². The first-order chi connectivity index (χ1) is 13.2. The van der Waals surface area contributed by atoms with E-state index in [0.29, 0.717) is 25.7 Å². The molecule has 1 fully saturated rings. The van der Waals surface area contributed by atoms with Gasteiger partial charge in [0.1, 0.15) is 5.78 Å². The number of carbonyl (C=O) groups excluding carboxylic acids is 2. The third-order valence-corrected chi connectivity index (χ3v) is 5.36. The molecule has 1 saturated carbocycles.